The fourth-order valence-corrected chi connectivity index (χ4v) is 1.69. The average Bonchev–Trinajstić information content (AvgIpc) is 2.29. The topological polar surface area (TPSA) is 45.8 Å². The Labute approximate surface area is 98.1 Å². The van der Waals surface area contributed by atoms with Crippen LogP contribution < -0.4 is 5.56 Å². The van der Waals surface area contributed by atoms with Gasteiger partial charge in [0.1, 0.15) is 0 Å². The highest BCUT2D eigenvalue weighted by atomic mass is 35.5. The molecule has 0 aliphatic heterocycles. The number of nitrogens with one attached hydrogen (secondary N) is 1. The smallest absolute Gasteiger partial charge is 0.267 e. The molecule has 1 aromatic heterocycles. The number of aromatic nitrogens is 2. The number of rotatable bonds is 2. The van der Waals surface area contributed by atoms with Gasteiger partial charge in [0.05, 0.1) is 5.69 Å². The van der Waals surface area contributed by atoms with Crippen molar-refractivity contribution in [3.8, 4) is 11.3 Å². The quantitative estimate of drug-likeness (QED) is 0.868. The summed E-state index contributed by atoms with van der Waals surface area (Å²) < 4.78 is 0. The zero-order chi connectivity index (χ0) is 11.5. The maximum absolute atomic E-state index is 11.4. The van der Waals surface area contributed by atoms with E-state index in [2.05, 4.69) is 10.2 Å². The van der Waals surface area contributed by atoms with Gasteiger partial charge < -0.3 is 0 Å². The summed E-state index contributed by atoms with van der Waals surface area (Å²) in [5.74, 6) is 0. The second-order valence-corrected chi connectivity index (χ2v) is 3.91. The third-order valence-corrected chi connectivity index (χ3v) is 2.62. The molecule has 2 rings (SSSR count). The molecule has 0 aliphatic rings. The first-order valence-corrected chi connectivity index (χ1v) is 5.43. The molecule has 1 aromatic carbocycles. The molecule has 4 heteroatoms. The number of hydrogen-bond donors (Lipinski definition) is 1. The number of benzene rings is 1. The number of nitrogens with zero attached hydrogens (tertiary/aromatic N) is 1. The lowest BCUT2D eigenvalue weighted by molar-refractivity contribution is 0.944. The Morgan fingerprint density at radius 1 is 1.38 bits per heavy atom. The molecule has 16 heavy (non-hydrogen) atoms. The van der Waals surface area contributed by atoms with Crippen LogP contribution in [0.15, 0.2) is 35.1 Å². The molecule has 1 N–H and O–H groups in total. The van der Waals surface area contributed by atoms with Crippen LogP contribution in [0.3, 0.4) is 0 Å². The van der Waals surface area contributed by atoms with E-state index in [1.807, 2.05) is 25.1 Å². The molecule has 82 valence electrons. The predicted octanol–water partition coefficient (Wildman–Crippen LogP) is 2.65. The summed E-state index contributed by atoms with van der Waals surface area (Å²) in [7, 11) is 0. The third kappa shape index (κ3) is 2.14. The van der Waals surface area contributed by atoms with Gasteiger partial charge in [0.15, 0.2) is 0 Å². The van der Waals surface area contributed by atoms with Gasteiger partial charge in [0.25, 0.3) is 5.56 Å². The number of hydrogen-bond acceptors (Lipinski definition) is 2. The Bertz CT molecular complexity index is 563. The lowest BCUT2D eigenvalue weighted by Crippen LogP contribution is -2.13. The number of aryl methyl sites for hydroxylation is 1. The van der Waals surface area contributed by atoms with Gasteiger partial charge in [0.2, 0.25) is 0 Å². The Hall–Kier alpha value is -1.61. The summed E-state index contributed by atoms with van der Waals surface area (Å²) in [6.45, 7) is 1.94. The van der Waals surface area contributed by atoms with Crippen LogP contribution in [0, 0.1) is 0 Å². The van der Waals surface area contributed by atoms with E-state index in [1.165, 1.54) is 0 Å². The molecule has 0 saturated heterocycles. The first kappa shape index (κ1) is 10.9. The largest absolute Gasteiger partial charge is 0.268 e. The summed E-state index contributed by atoms with van der Waals surface area (Å²) in [5, 5.41) is 7.15. The Morgan fingerprint density at radius 2 is 2.19 bits per heavy atom. The molecule has 0 saturated carbocycles. The summed E-state index contributed by atoms with van der Waals surface area (Å²) in [6, 6.07) is 9.19. The van der Waals surface area contributed by atoms with Crippen molar-refractivity contribution in [3.63, 3.8) is 0 Å². The van der Waals surface area contributed by atoms with Crippen molar-refractivity contribution in [2.24, 2.45) is 0 Å². The van der Waals surface area contributed by atoms with Crippen molar-refractivity contribution in [3.05, 3.63) is 51.3 Å². The summed E-state index contributed by atoms with van der Waals surface area (Å²) >= 11 is 5.90. The van der Waals surface area contributed by atoms with Gasteiger partial charge in [-0.05, 0) is 24.6 Å². The van der Waals surface area contributed by atoms with Crippen LogP contribution in [0.4, 0.5) is 0 Å². The summed E-state index contributed by atoms with van der Waals surface area (Å²) in [6.07, 6.45) is 0.686. The van der Waals surface area contributed by atoms with Gasteiger partial charge in [-0.1, -0.05) is 30.7 Å². The highest BCUT2D eigenvalue weighted by Gasteiger charge is 2.04. The maximum atomic E-state index is 11.4. The summed E-state index contributed by atoms with van der Waals surface area (Å²) in [4.78, 5) is 11.4. The van der Waals surface area contributed by atoms with Crippen molar-refractivity contribution < 1.29 is 0 Å². The molecule has 0 radical (unpaired) electrons. The molecule has 1 heterocycles. The van der Waals surface area contributed by atoms with Gasteiger partial charge in [-0.3, -0.25) is 4.79 Å². The third-order valence-electron chi connectivity index (χ3n) is 2.38. The Balaban J connectivity index is 2.52. The number of aromatic amines is 1. The predicted molar refractivity (Wildman–Crippen MR) is 64.7 cm³/mol. The SMILES string of the molecule is CCc1cc(-c2cccc(Cl)c2)n[nH]c1=O. The summed E-state index contributed by atoms with van der Waals surface area (Å²) in [5.41, 5.74) is 2.23. The van der Waals surface area contributed by atoms with Gasteiger partial charge >= 0.3 is 0 Å². The highest BCUT2D eigenvalue weighted by Crippen LogP contribution is 2.20. The molecule has 0 unspecified atom stereocenters. The van der Waals surface area contributed by atoms with Crippen LogP contribution in [-0.4, -0.2) is 10.2 Å². The van der Waals surface area contributed by atoms with Gasteiger partial charge in [-0.25, -0.2) is 5.10 Å². The van der Waals surface area contributed by atoms with Crippen molar-refractivity contribution in [1.29, 1.82) is 0 Å². The minimum absolute atomic E-state index is 0.131. The lowest BCUT2D eigenvalue weighted by atomic mass is 10.1. The van der Waals surface area contributed by atoms with Crippen molar-refractivity contribution >= 4 is 11.6 Å². The van der Waals surface area contributed by atoms with Crippen LogP contribution in [0.2, 0.25) is 5.02 Å². The van der Waals surface area contributed by atoms with Crippen LogP contribution in [-0.2, 0) is 6.42 Å². The number of halogens is 1. The van der Waals surface area contributed by atoms with Crippen LogP contribution in [0.25, 0.3) is 11.3 Å². The van der Waals surface area contributed by atoms with Crippen LogP contribution in [0.1, 0.15) is 12.5 Å². The molecule has 0 fully saturated rings. The minimum Gasteiger partial charge on any atom is -0.268 e. The normalized spacial score (nSPS) is 10.4. The van der Waals surface area contributed by atoms with Crippen LogP contribution >= 0.6 is 11.6 Å². The molecular formula is C12H11ClN2O. The second kappa shape index (κ2) is 4.49. The maximum Gasteiger partial charge on any atom is 0.267 e. The Kier molecular flexibility index (Phi) is 3.06. The highest BCUT2D eigenvalue weighted by molar-refractivity contribution is 6.30. The molecule has 0 bridgehead atoms. The number of H-pyrrole nitrogens is 1. The lowest BCUT2D eigenvalue weighted by Gasteiger charge is -2.02. The van der Waals surface area contributed by atoms with E-state index in [0.29, 0.717) is 11.4 Å². The molecule has 2 aromatic rings. The monoisotopic (exact) mass is 234 g/mol. The van der Waals surface area contributed by atoms with E-state index in [9.17, 15) is 4.79 Å². The van der Waals surface area contributed by atoms with E-state index in [4.69, 9.17) is 11.6 Å². The molecule has 0 amide bonds. The minimum atomic E-state index is -0.131. The van der Waals surface area contributed by atoms with Gasteiger partial charge in [-0.2, -0.15) is 5.10 Å². The standard InChI is InChI=1S/C12H11ClN2O/c1-2-8-7-11(14-15-12(8)16)9-4-3-5-10(13)6-9/h3-7H,2H2,1H3,(H,15,16). The van der Waals surface area contributed by atoms with Crippen LogP contribution in [0.5, 0.6) is 0 Å². The first-order chi connectivity index (χ1) is 7.70. The zero-order valence-electron chi connectivity index (χ0n) is 8.83. The fourth-order valence-electron chi connectivity index (χ4n) is 1.50. The van der Waals surface area contributed by atoms with E-state index in [0.717, 1.165) is 16.8 Å². The Morgan fingerprint density at radius 3 is 2.88 bits per heavy atom. The van der Waals surface area contributed by atoms with E-state index in [-0.39, 0.29) is 5.56 Å². The molecular weight excluding hydrogens is 224 g/mol. The van der Waals surface area contributed by atoms with Crippen molar-refractivity contribution in [1.82, 2.24) is 10.2 Å². The second-order valence-electron chi connectivity index (χ2n) is 3.47. The first-order valence-electron chi connectivity index (χ1n) is 5.05. The van der Waals surface area contributed by atoms with Crippen molar-refractivity contribution in [2.75, 3.05) is 0 Å². The van der Waals surface area contributed by atoms with Gasteiger partial charge in [-0.15, -0.1) is 0 Å². The molecule has 0 spiro atoms. The fraction of sp³-hybridized carbons (Fsp3) is 0.167. The zero-order valence-corrected chi connectivity index (χ0v) is 9.58. The molecule has 0 aliphatic carbocycles. The molecule has 0 atom stereocenters. The van der Waals surface area contributed by atoms with E-state index >= 15 is 0 Å². The average molecular weight is 235 g/mol. The molecule has 3 nitrogen and oxygen atoms in total. The van der Waals surface area contributed by atoms with E-state index in [1.54, 1.807) is 12.1 Å². The van der Waals surface area contributed by atoms with Gasteiger partial charge in [0, 0.05) is 16.1 Å². The van der Waals surface area contributed by atoms with Crippen molar-refractivity contribution in [2.45, 2.75) is 13.3 Å². The van der Waals surface area contributed by atoms with E-state index < -0.39 is 0 Å².